The molecule has 11 nitrogen and oxygen atoms in total. The number of aryl methyl sites for hydroxylation is 3. The number of hydrogen-bond acceptors (Lipinski definition) is 10. The molecule has 0 atom stereocenters. The normalized spacial score (nSPS) is 11.9. The van der Waals surface area contributed by atoms with E-state index in [1.807, 2.05) is 0 Å². The van der Waals surface area contributed by atoms with Crippen LogP contribution in [0, 0.1) is 20.8 Å². The van der Waals surface area contributed by atoms with Crippen molar-refractivity contribution in [3.8, 4) is 0 Å². The maximum absolute atomic E-state index is 12.6. The van der Waals surface area contributed by atoms with Gasteiger partial charge in [0, 0.05) is 38.0 Å². The van der Waals surface area contributed by atoms with Gasteiger partial charge in [-0.1, -0.05) is 23.2 Å². The van der Waals surface area contributed by atoms with E-state index in [0.717, 1.165) is 12.1 Å². The van der Waals surface area contributed by atoms with Crippen LogP contribution < -0.4 is 5.56 Å². The standard InChI is InChI=1S/C14H11ClN2O3S.C13H9ClN2O4S/c1-8-3-6-13(17-16-8)21(18,19)14-9(2)11-7-10(15)4-5-12(11)20-14;1-7-9-6-8(14)2-3-10(9)20-13(7)21(18,19)12-5-4-11(17)15-16-12/h3-7H,1-2H3;2-6H,1H3,(H,15,17). The summed E-state index contributed by atoms with van der Waals surface area (Å²) in [5, 5.41) is 14.7. The van der Waals surface area contributed by atoms with Crippen LogP contribution in [0.1, 0.15) is 16.8 Å². The van der Waals surface area contributed by atoms with E-state index >= 15 is 0 Å². The number of hydrogen-bond donors (Lipinski definition) is 1. The SMILES string of the molecule is Cc1c(S(=O)(=O)c2ccc(=O)[nH]n2)oc2ccc(Cl)cc12.Cc1ccc(S(=O)(=O)c2oc3ccc(Cl)cc3c2C)nn1. The lowest BCUT2D eigenvalue weighted by atomic mass is 10.2. The molecule has 4 heterocycles. The van der Waals surface area contributed by atoms with Crippen LogP contribution in [0.3, 0.4) is 0 Å². The largest absolute Gasteiger partial charge is 0.444 e. The highest BCUT2D eigenvalue weighted by Gasteiger charge is 2.29. The minimum Gasteiger partial charge on any atom is -0.444 e. The molecule has 0 saturated heterocycles. The van der Waals surface area contributed by atoms with Gasteiger partial charge in [0.1, 0.15) is 11.2 Å². The molecule has 0 aliphatic carbocycles. The molecule has 4 aromatic heterocycles. The van der Waals surface area contributed by atoms with Crippen molar-refractivity contribution in [2.75, 3.05) is 0 Å². The lowest BCUT2D eigenvalue weighted by Crippen LogP contribution is -2.12. The zero-order valence-electron chi connectivity index (χ0n) is 22.0. The Balaban J connectivity index is 0.000000168. The fourth-order valence-electron chi connectivity index (χ4n) is 4.06. The number of rotatable bonds is 4. The number of halogens is 2. The fourth-order valence-corrected chi connectivity index (χ4v) is 7.01. The molecule has 0 aliphatic heterocycles. The number of nitrogens with zero attached hydrogens (tertiary/aromatic N) is 3. The van der Waals surface area contributed by atoms with Crippen LogP contribution >= 0.6 is 23.2 Å². The predicted molar refractivity (Wildman–Crippen MR) is 154 cm³/mol. The summed E-state index contributed by atoms with van der Waals surface area (Å²) in [6.07, 6.45) is 0. The number of aromatic nitrogens is 4. The number of aromatic amines is 1. The second-order valence-corrected chi connectivity index (χ2v) is 13.6. The van der Waals surface area contributed by atoms with Crippen molar-refractivity contribution in [3.63, 3.8) is 0 Å². The van der Waals surface area contributed by atoms with Gasteiger partial charge in [-0.2, -0.15) is 10.2 Å². The average molecular weight is 648 g/mol. The number of H-pyrrole nitrogens is 1. The van der Waals surface area contributed by atoms with Crippen LogP contribution in [-0.2, 0) is 19.7 Å². The number of furan rings is 2. The minimum absolute atomic E-state index is 0.127. The molecule has 0 fully saturated rings. The van der Waals surface area contributed by atoms with Crippen LogP contribution in [0.25, 0.3) is 21.9 Å². The number of benzene rings is 2. The van der Waals surface area contributed by atoms with Crippen molar-refractivity contribution in [1.29, 1.82) is 0 Å². The van der Waals surface area contributed by atoms with E-state index in [0.29, 0.717) is 48.8 Å². The second-order valence-electron chi connectivity index (χ2n) is 9.09. The minimum atomic E-state index is -3.95. The quantitative estimate of drug-likeness (QED) is 0.253. The van der Waals surface area contributed by atoms with Gasteiger partial charge in [-0.3, -0.25) is 4.79 Å². The molecule has 6 aromatic rings. The number of nitrogens with one attached hydrogen (secondary N) is 1. The lowest BCUT2D eigenvalue weighted by Gasteiger charge is -2.01. The third-order valence-electron chi connectivity index (χ3n) is 6.17. The van der Waals surface area contributed by atoms with Gasteiger partial charge >= 0.3 is 0 Å². The molecule has 6 rings (SSSR count). The molecule has 0 aliphatic rings. The van der Waals surface area contributed by atoms with Gasteiger partial charge in [0.2, 0.25) is 10.2 Å². The van der Waals surface area contributed by atoms with E-state index in [4.69, 9.17) is 32.0 Å². The summed E-state index contributed by atoms with van der Waals surface area (Å²) in [4.78, 5) is 11.0. The van der Waals surface area contributed by atoms with Crippen molar-refractivity contribution in [2.45, 2.75) is 41.0 Å². The van der Waals surface area contributed by atoms with Crippen molar-refractivity contribution in [2.24, 2.45) is 0 Å². The first-order valence-electron chi connectivity index (χ1n) is 12.0. The van der Waals surface area contributed by atoms with Crippen LogP contribution in [0.2, 0.25) is 10.0 Å². The molecule has 0 bridgehead atoms. The summed E-state index contributed by atoms with van der Waals surface area (Å²) in [7, 11) is -7.80. The third kappa shape index (κ3) is 5.43. The molecule has 1 N–H and O–H groups in total. The Morgan fingerprint density at radius 3 is 1.62 bits per heavy atom. The molecule has 2 aromatic carbocycles. The van der Waals surface area contributed by atoms with Crippen LogP contribution in [0.5, 0.6) is 0 Å². The Labute approximate surface area is 248 Å². The highest BCUT2D eigenvalue weighted by molar-refractivity contribution is 7.91. The highest BCUT2D eigenvalue weighted by atomic mass is 35.5. The van der Waals surface area contributed by atoms with E-state index in [1.165, 1.54) is 6.07 Å². The number of fused-ring (bicyclic) bond motifs is 2. The highest BCUT2D eigenvalue weighted by Crippen LogP contribution is 2.34. The van der Waals surface area contributed by atoms with Crippen molar-refractivity contribution in [3.05, 3.63) is 97.9 Å². The van der Waals surface area contributed by atoms with Crippen molar-refractivity contribution < 1.29 is 25.7 Å². The number of sulfone groups is 2. The first-order chi connectivity index (χ1) is 19.8. The summed E-state index contributed by atoms with van der Waals surface area (Å²) in [6, 6.07) is 15.0. The smallest absolute Gasteiger partial charge is 0.264 e. The first kappa shape index (κ1) is 29.5. The van der Waals surface area contributed by atoms with Gasteiger partial charge in [0.25, 0.3) is 25.2 Å². The van der Waals surface area contributed by atoms with E-state index in [2.05, 4.69) is 20.4 Å². The average Bonchev–Trinajstić information content (AvgIpc) is 3.46. The van der Waals surface area contributed by atoms with Crippen LogP contribution in [-0.4, -0.2) is 37.2 Å². The van der Waals surface area contributed by atoms with Gasteiger partial charge < -0.3 is 8.83 Å². The maximum Gasteiger partial charge on any atom is 0.264 e. The van der Waals surface area contributed by atoms with E-state index in [1.54, 1.807) is 63.2 Å². The topological polar surface area (TPSA) is 166 Å². The predicted octanol–water partition coefficient (Wildman–Crippen LogP) is 5.64. The molecule has 0 unspecified atom stereocenters. The van der Waals surface area contributed by atoms with Crippen LogP contribution in [0.15, 0.2) is 94.5 Å². The van der Waals surface area contributed by atoms with Crippen molar-refractivity contribution in [1.82, 2.24) is 20.4 Å². The van der Waals surface area contributed by atoms with Gasteiger partial charge in [0.15, 0.2) is 10.1 Å². The second kappa shape index (κ2) is 11.0. The zero-order chi connectivity index (χ0) is 30.4. The van der Waals surface area contributed by atoms with Gasteiger partial charge in [-0.25, -0.2) is 21.9 Å². The molecule has 42 heavy (non-hydrogen) atoms. The Morgan fingerprint density at radius 2 is 1.17 bits per heavy atom. The molecule has 216 valence electrons. The zero-order valence-corrected chi connectivity index (χ0v) is 25.2. The lowest BCUT2D eigenvalue weighted by molar-refractivity contribution is 0.475. The fraction of sp³-hybridized carbons (Fsp3) is 0.111. The summed E-state index contributed by atoms with van der Waals surface area (Å²) in [5.41, 5.74) is 2.00. The van der Waals surface area contributed by atoms with Gasteiger partial charge in [-0.05, 0) is 75.4 Å². The Bertz CT molecular complexity index is 2240. The molecule has 0 radical (unpaired) electrons. The van der Waals surface area contributed by atoms with Crippen molar-refractivity contribution >= 4 is 64.8 Å². The third-order valence-corrected chi connectivity index (χ3v) is 9.95. The van der Waals surface area contributed by atoms with Gasteiger partial charge in [-0.15, -0.1) is 5.10 Å². The first-order valence-corrected chi connectivity index (χ1v) is 15.7. The molecular formula is C27H20Cl2N4O7S2. The molecule has 0 spiro atoms. The molecule has 0 saturated carbocycles. The van der Waals surface area contributed by atoms with Crippen LogP contribution in [0.4, 0.5) is 0 Å². The Kier molecular flexibility index (Phi) is 7.70. The molecule has 15 heteroatoms. The Morgan fingerprint density at radius 1 is 0.667 bits per heavy atom. The van der Waals surface area contributed by atoms with E-state index in [9.17, 15) is 21.6 Å². The van der Waals surface area contributed by atoms with E-state index in [-0.39, 0.29) is 20.2 Å². The summed E-state index contributed by atoms with van der Waals surface area (Å²) in [5.74, 6) is 0. The Hall–Kier alpha value is -4.04. The molecular weight excluding hydrogens is 627 g/mol. The summed E-state index contributed by atoms with van der Waals surface area (Å²) in [6.45, 7) is 5.04. The van der Waals surface area contributed by atoms with Gasteiger partial charge in [0.05, 0.1) is 5.69 Å². The maximum atomic E-state index is 12.6. The molecule has 0 amide bonds. The van der Waals surface area contributed by atoms with E-state index < -0.39 is 25.2 Å². The monoisotopic (exact) mass is 646 g/mol. The summed E-state index contributed by atoms with van der Waals surface area (Å²) >= 11 is 11.8. The summed E-state index contributed by atoms with van der Waals surface area (Å²) < 4.78 is 61.1.